The molecule has 1 aromatic rings. The van der Waals surface area contributed by atoms with E-state index >= 15 is 0 Å². The van der Waals surface area contributed by atoms with Gasteiger partial charge in [-0.05, 0) is 31.1 Å². The average Bonchev–Trinajstić information content (AvgIpc) is 2.74. The lowest BCUT2D eigenvalue weighted by Gasteiger charge is -2.26. The molecule has 2 amide bonds. The lowest BCUT2D eigenvalue weighted by molar-refractivity contribution is -0.141. The molecule has 2 heterocycles. The highest BCUT2D eigenvalue weighted by atomic mass is 16.3. The Kier molecular flexibility index (Phi) is 7.27. The summed E-state index contributed by atoms with van der Waals surface area (Å²) in [7, 11) is 0. The van der Waals surface area contributed by atoms with E-state index in [9.17, 15) is 24.8 Å². The number of amides is 2. The molecule has 0 spiro atoms. The van der Waals surface area contributed by atoms with Gasteiger partial charge in [-0.2, -0.15) is 5.26 Å². The van der Waals surface area contributed by atoms with Gasteiger partial charge in [0.15, 0.2) is 5.88 Å². The molecule has 0 bridgehead atoms. The maximum Gasteiger partial charge on any atom is 0.271 e. The summed E-state index contributed by atoms with van der Waals surface area (Å²) in [5.41, 5.74) is -0.508. The number of imide groups is 1. The topological polar surface area (TPSA) is 148 Å². The van der Waals surface area contributed by atoms with E-state index in [2.05, 4.69) is 4.85 Å². The van der Waals surface area contributed by atoms with E-state index in [1.807, 2.05) is 0 Å². The second-order valence-electron chi connectivity index (χ2n) is 6.54. The molecule has 1 aromatic heterocycles. The highest BCUT2D eigenvalue weighted by Gasteiger charge is 2.34. The molecule has 0 atom stereocenters. The predicted molar refractivity (Wildman–Crippen MR) is 110 cm³/mol. The van der Waals surface area contributed by atoms with Crippen LogP contribution in [-0.4, -0.2) is 56.4 Å². The standard InChI is InChI=1S/C21H20N4O6/c1-12-14(18(28)24(7-9-26)20(30)16(12)11-22)5-4-6-15-13(2)17(23-3)21(31)25(8-10-27)19(15)29/h4-6,26-27,31H,7-10H2,1-2H3/b6-4+,14-5-. The monoisotopic (exact) mass is 424 g/mol. The first-order chi connectivity index (χ1) is 14.7. The summed E-state index contributed by atoms with van der Waals surface area (Å²) >= 11 is 0. The number of carbonyl (C=O) groups is 2. The van der Waals surface area contributed by atoms with Crippen molar-refractivity contribution in [2.24, 2.45) is 0 Å². The molecule has 1 aliphatic rings. The Balaban J connectivity index is 2.62. The van der Waals surface area contributed by atoms with Crippen molar-refractivity contribution in [2.45, 2.75) is 20.4 Å². The molecule has 10 nitrogen and oxygen atoms in total. The third kappa shape index (κ3) is 4.16. The summed E-state index contributed by atoms with van der Waals surface area (Å²) in [6.07, 6.45) is 4.02. The molecule has 0 aliphatic carbocycles. The van der Waals surface area contributed by atoms with Crippen molar-refractivity contribution in [1.29, 1.82) is 5.26 Å². The quantitative estimate of drug-likeness (QED) is 0.343. The number of rotatable bonds is 6. The molecule has 31 heavy (non-hydrogen) atoms. The van der Waals surface area contributed by atoms with Gasteiger partial charge in [-0.25, -0.2) is 4.85 Å². The minimum absolute atomic E-state index is 0.0402. The van der Waals surface area contributed by atoms with Gasteiger partial charge in [0.2, 0.25) is 5.69 Å². The number of hydrogen-bond acceptors (Lipinski definition) is 7. The van der Waals surface area contributed by atoms with Crippen LogP contribution < -0.4 is 5.56 Å². The van der Waals surface area contributed by atoms with Crippen LogP contribution in [0.1, 0.15) is 18.1 Å². The maximum atomic E-state index is 12.7. The van der Waals surface area contributed by atoms with E-state index in [4.69, 9.17) is 16.8 Å². The van der Waals surface area contributed by atoms with Crippen molar-refractivity contribution >= 4 is 23.6 Å². The molecule has 0 saturated carbocycles. The first-order valence-electron chi connectivity index (χ1n) is 9.16. The fourth-order valence-electron chi connectivity index (χ4n) is 3.16. The van der Waals surface area contributed by atoms with Crippen LogP contribution in [0.5, 0.6) is 5.88 Å². The first kappa shape index (κ1) is 23.3. The molecular formula is C21H20N4O6. The molecule has 0 fully saturated rings. The van der Waals surface area contributed by atoms with E-state index in [1.54, 1.807) is 6.07 Å². The van der Waals surface area contributed by atoms with Crippen molar-refractivity contribution < 1.29 is 24.9 Å². The Bertz CT molecular complexity index is 1170. The van der Waals surface area contributed by atoms with Gasteiger partial charge in [-0.15, -0.1) is 0 Å². The molecule has 3 N–H and O–H groups in total. The van der Waals surface area contributed by atoms with Crippen LogP contribution >= 0.6 is 0 Å². The summed E-state index contributed by atoms with van der Waals surface area (Å²) in [6, 6.07) is 1.76. The zero-order valence-electron chi connectivity index (χ0n) is 16.9. The van der Waals surface area contributed by atoms with Gasteiger partial charge in [0.05, 0.1) is 32.9 Å². The number of aromatic hydroxyl groups is 1. The maximum absolute atomic E-state index is 12.7. The molecular weight excluding hydrogens is 404 g/mol. The Morgan fingerprint density at radius 3 is 2.32 bits per heavy atom. The van der Waals surface area contributed by atoms with Crippen LogP contribution in [0.4, 0.5) is 5.69 Å². The third-order valence-corrected chi connectivity index (χ3v) is 4.81. The minimum Gasteiger partial charge on any atom is -0.503 e. The highest BCUT2D eigenvalue weighted by Crippen LogP contribution is 2.31. The summed E-state index contributed by atoms with van der Waals surface area (Å²) in [5.74, 6) is -2.02. The van der Waals surface area contributed by atoms with Gasteiger partial charge in [0, 0.05) is 11.1 Å². The number of pyridine rings is 1. The summed E-state index contributed by atoms with van der Waals surface area (Å²) in [6.45, 7) is 8.81. The van der Waals surface area contributed by atoms with Crippen LogP contribution in [0.2, 0.25) is 0 Å². The normalized spacial score (nSPS) is 15.7. The van der Waals surface area contributed by atoms with E-state index in [0.717, 1.165) is 9.47 Å². The first-order valence-corrected chi connectivity index (χ1v) is 9.16. The van der Waals surface area contributed by atoms with Crippen LogP contribution in [0.15, 0.2) is 33.7 Å². The van der Waals surface area contributed by atoms with E-state index in [0.29, 0.717) is 0 Å². The number of nitriles is 1. The number of β-amino-alcohol motifs (C(OH)–C–C–N with tert-alkyl or cyclic N) is 1. The van der Waals surface area contributed by atoms with Gasteiger partial charge >= 0.3 is 0 Å². The summed E-state index contributed by atoms with van der Waals surface area (Å²) < 4.78 is 0.875. The van der Waals surface area contributed by atoms with Crippen LogP contribution in [-0.2, 0) is 16.1 Å². The number of allylic oxidation sites excluding steroid dienone is 2. The Morgan fingerprint density at radius 1 is 1.13 bits per heavy atom. The van der Waals surface area contributed by atoms with Crippen molar-refractivity contribution in [2.75, 3.05) is 19.8 Å². The van der Waals surface area contributed by atoms with E-state index in [1.165, 1.54) is 32.1 Å². The van der Waals surface area contributed by atoms with Crippen LogP contribution in [0.3, 0.4) is 0 Å². The van der Waals surface area contributed by atoms with E-state index < -0.39 is 36.5 Å². The Hall–Kier alpha value is -3.99. The van der Waals surface area contributed by atoms with Gasteiger partial charge in [-0.3, -0.25) is 23.9 Å². The smallest absolute Gasteiger partial charge is 0.271 e. The fourth-order valence-corrected chi connectivity index (χ4v) is 3.16. The predicted octanol–water partition coefficient (Wildman–Crippen LogP) is 0.546. The SMILES string of the molecule is [C-]#[N+]c1c(C)c(/C=C/C=C2\C(=O)N(CCO)C(=O)C(C#N)=C2C)c(=O)n(CCO)c1O. The average molecular weight is 424 g/mol. The van der Waals surface area contributed by atoms with Crippen molar-refractivity contribution in [1.82, 2.24) is 9.47 Å². The zero-order valence-corrected chi connectivity index (χ0v) is 16.9. The van der Waals surface area contributed by atoms with Gasteiger partial charge in [0.1, 0.15) is 11.6 Å². The minimum atomic E-state index is -0.789. The van der Waals surface area contributed by atoms with Crippen molar-refractivity contribution in [3.8, 4) is 11.9 Å². The molecule has 1 aliphatic heterocycles. The lowest BCUT2D eigenvalue weighted by atomic mass is 9.95. The number of nitrogens with zero attached hydrogens (tertiary/aromatic N) is 4. The van der Waals surface area contributed by atoms with Gasteiger partial charge in [-0.1, -0.05) is 12.2 Å². The van der Waals surface area contributed by atoms with Gasteiger partial charge < -0.3 is 15.3 Å². The van der Waals surface area contributed by atoms with Crippen molar-refractivity contribution in [3.63, 3.8) is 0 Å². The molecule has 160 valence electrons. The number of aromatic nitrogens is 1. The molecule has 0 unspecified atom stereocenters. The second-order valence-corrected chi connectivity index (χ2v) is 6.54. The molecule has 10 heteroatoms. The number of aliphatic hydroxyl groups excluding tert-OH is 2. The number of carbonyl (C=O) groups excluding carboxylic acids is 2. The van der Waals surface area contributed by atoms with Gasteiger partial charge in [0.25, 0.3) is 17.4 Å². The van der Waals surface area contributed by atoms with Crippen LogP contribution in [0.25, 0.3) is 10.9 Å². The lowest BCUT2D eigenvalue weighted by Crippen LogP contribution is -2.44. The summed E-state index contributed by atoms with van der Waals surface area (Å²) in [4.78, 5) is 41.6. The third-order valence-electron chi connectivity index (χ3n) is 4.81. The Morgan fingerprint density at radius 2 is 1.77 bits per heavy atom. The van der Waals surface area contributed by atoms with Crippen LogP contribution in [0, 0.1) is 24.8 Å². The fraction of sp³-hybridized carbons (Fsp3) is 0.286. The molecule has 0 aromatic carbocycles. The second kappa shape index (κ2) is 9.67. The summed E-state index contributed by atoms with van der Waals surface area (Å²) in [5, 5.41) is 37.7. The van der Waals surface area contributed by atoms with E-state index in [-0.39, 0.29) is 46.6 Å². The highest BCUT2D eigenvalue weighted by molar-refractivity contribution is 6.18. The molecule has 2 rings (SSSR count). The number of aliphatic hydroxyl groups is 2. The zero-order chi connectivity index (χ0) is 23.3. The largest absolute Gasteiger partial charge is 0.503 e. The Labute approximate surface area is 177 Å². The molecule has 0 saturated heterocycles. The molecule has 0 radical (unpaired) electrons. The number of hydrogen-bond donors (Lipinski definition) is 3. The van der Waals surface area contributed by atoms with Crippen molar-refractivity contribution in [3.05, 3.63) is 61.8 Å².